The van der Waals surface area contributed by atoms with Gasteiger partial charge in [-0.2, -0.15) is 13.2 Å². The third-order valence-electron chi connectivity index (χ3n) is 0.750. The molecule has 0 heterocycles. The SMILES string of the molecule is CC(C)/C=C(/F)C(F)(F)F. The van der Waals surface area contributed by atoms with Gasteiger partial charge in [-0.05, 0) is 12.0 Å². The fraction of sp³-hybridized carbons (Fsp3) is 0.667. The predicted molar refractivity (Wildman–Crippen MR) is 30.1 cm³/mol. The molecule has 0 aromatic carbocycles. The van der Waals surface area contributed by atoms with Crippen LogP contribution >= 0.6 is 0 Å². The van der Waals surface area contributed by atoms with E-state index in [4.69, 9.17) is 0 Å². The van der Waals surface area contributed by atoms with E-state index in [0.717, 1.165) is 0 Å². The Kier molecular flexibility index (Phi) is 2.87. The molecule has 0 aromatic rings. The van der Waals surface area contributed by atoms with Gasteiger partial charge in [0.2, 0.25) is 0 Å². The van der Waals surface area contributed by atoms with Gasteiger partial charge in [-0.3, -0.25) is 0 Å². The first-order valence-electron chi connectivity index (χ1n) is 2.78. The number of allylic oxidation sites excluding steroid dienone is 2. The minimum atomic E-state index is -4.82. The zero-order valence-corrected chi connectivity index (χ0v) is 5.67. The van der Waals surface area contributed by atoms with Crippen LogP contribution < -0.4 is 0 Å². The minimum absolute atomic E-state index is 0.415. The topological polar surface area (TPSA) is 0 Å². The molecule has 0 unspecified atom stereocenters. The Bertz CT molecular complexity index is 131. The summed E-state index contributed by atoms with van der Waals surface area (Å²) in [5.41, 5.74) is 0. The predicted octanol–water partition coefficient (Wildman–Crippen LogP) is 3.06. The van der Waals surface area contributed by atoms with Gasteiger partial charge in [0.25, 0.3) is 0 Å². The maximum Gasteiger partial charge on any atom is 0.442 e. The van der Waals surface area contributed by atoms with E-state index in [0.29, 0.717) is 6.08 Å². The Morgan fingerprint density at radius 1 is 1.30 bits per heavy atom. The highest BCUT2D eigenvalue weighted by atomic mass is 19.4. The summed E-state index contributed by atoms with van der Waals surface area (Å²) in [7, 11) is 0. The molecule has 0 aliphatic rings. The molecule has 4 heteroatoms. The van der Waals surface area contributed by atoms with Crippen molar-refractivity contribution in [1.29, 1.82) is 0 Å². The summed E-state index contributed by atoms with van der Waals surface area (Å²) in [5, 5.41) is 0. The van der Waals surface area contributed by atoms with Gasteiger partial charge in [0.1, 0.15) is 0 Å². The lowest BCUT2D eigenvalue weighted by Crippen LogP contribution is -2.08. The van der Waals surface area contributed by atoms with Crippen molar-refractivity contribution in [2.45, 2.75) is 20.0 Å². The number of halogens is 4. The first kappa shape index (κ1) is 9.46. The normalized spacial score (nSPS) is 14.5. The zero-order chi connectivity index (χ0) is 8.36. The molecule has 0 rings (SSSR count). The molecule has 10 heavy (non-hydrogen) atoms. The van der Waals surface area contributed by atoms with E-state index in [1.165, 1.54) is 13.8 Å². The lowest BCUT2D eigenvalue weighted by atomic mass is 10.2. The Balaban J connectivity index is 4.20. The van der Waals surface area contributed by atoms with E-state index >= 15 is 0 Å². The van der Waals surface area contributed by atoms with Crippen molar-refractivity contribution in [3.05, 3.63) is 11.9 Å². The number of alkyl halides is 3. The summed E-state index contributed by atoms with van der Waals surface area (Å²) in [5.74, 6) is -2.43. The second-order valence-electron chi connectivity index (χ2n) is 2.26. The maximum atomic E-state index is 11.9. The quantitative estimate of drug-likeness (QED) is 0.512. The lowest BCUT2D eigenvalue weighted by Gasteiger charge is -2.03. The summed E-state index contributed by atoms with van der Waals surface area (Å²) in [6.07, 6.45) is -4.27. The average Bonchev–Trinajstić information content (AvgIpc) is 1.60. The van der Waals surface area contributed by atoms with Gasteiger partial charge >= 0.3 is 6.18 Å². The fourth-order valence-electron chi connectivity index (χ4n) is 0.387. The molecule has 0 atom stereocenters. The molecule has 0 aliphatic carbocycles. The van der Waals surface area contributed by atoms with E-state index in [9.17, 15) is 17.6 Å². The molecule has 0 aromatic heterocycles. The van der Waals surface area contributed by atoms with Crippen molar-refractivity contribution in [2.75, 3.05) is 0 Å². The van der Waals surface area contributed by atoms with Crippen molar-refractivity contribution >= 4 is 0 Å². The van der Waals surface area contributed by atoms with E-state index < -0.39 is 17.9 Å². The molecule has 0 fully saturated rings. The molecule has 0 saturated carbocycles. The highest BCUT2D eigenvalue weighted by molar-refractivity contribution is 5.00. The van der Waals surface area contributed by atoms with Gasteiger partial charge in [-0.25, -0.2) is 4.39 Å². The van der Waals surface area contributed by atoms with Crippen LogP contribution in [-0.4, -0.2) is 6.18 Å². The lowest BCUT2D eigenvalue weighted by molar-refractivity contribution is -0.109. The van der Waals surface area contributed by atoms with Crippen molar-refractivity contribution < 1.29 is 17.6 Å². The summed E-state index contributed by atoms with van der Waals surface area (Å²) in [6.45, 7) is 2.96. The number of hydrogen-bond acceptors (Lipinski definition) is 0. The molecule has 0 amide bonds. The fourth-order valence-corrected chi connectivity index (χ4v) is 0.387. The Morgan fingerprint density at radius 2 is 1.70 bits per heavy atom. The van der Waals surface area contributed by atoms with Crippen molar-refractivity contribution in [1.82, 2.24) is 0 Å². The molecule has 0 spiro atoms. The van der Waals surface area contributed by atoms with Gasteiger partial charge in [0.05, 0.1) is 0 Å². The molecule has 0 aliphatic heterocycles. The van der Waals surface area contributed by atoms with Gasteiger partial charge in [0.15, 0.2) is 5.83 Å². The molecule has 60 valence electrons. The van der Waals surface area contributed by atoms with Crippen LogP contribution in [0.5, 0.6) is 0 Å². The van der Waals surface area contributed by atoms with Gasteiger partial charge < -0.3 is 0 Å². The van der Waals surface area contributed by atoms with Crippen molar-refractivity contribution in [2.24, 2.45) is 5.92 Å². The molecule has 0 nitrogen and oxygen atoms in total. The summed E-state index contributed by atoms with van der Waals surface area (Å²) < 4.78 is 46.0. The zero-order valence-electron chi connectivity index (χ0n) is 5.67. The highest BCUT2D eigenvalue weighted by Crippen LogP contribution is 2.27. The summed E-state index contributed by atoms with van der Waals surface area (Å²) in [4.78, 5) is 0. The number of hydrogen-bond donors (Lipinski definition) is 0. The van der Waals surface area contributed by atoms with E-state index in [1.54, 1.807) is 0 Å². The maximum absolute atomic E-state index is 11.9. The van der Waals surface area contributed by atoms with E-state index in [2.05, 4.69) is 0 Å². The third-order valence-corrected chi connectivity index (χ3v) is 0.750. The first-order chi connectivity index (χ1) is 4.34. The van der Waals surface area contributed by atoms with Crippen molar-refractivity contribution in [3.8, 4) is 0 Å². The van der Waals surface area contributed by atoms with E-state index in [-0.39, 0.29) is 0 Å². The van der Waals surface area contributed by atoms with Crippen LogP contribution in [0.3, 0.4) is 0 Å². The van der Waals surface area contributed by atoms with Gasteiger partial charge in [-0.15, -0.1) is 0 Å². The molecule has 0 bridgehead atoms. The van der Waals surface area contributed by atoms with Crippen LogP contribution in [-0.2, 0) is 0 Å². The van der Waals surface area contributed by atoms with Crippen LogP contribution in [0, 0.1) is 5.92 Å². The van der Waals surface area contributed by atoms with Crippen LogP contribution in [0.4, 0.5) is 17.6 Å². The monoisotopic (exact) mass is 156 g/mol. The highest BCUT2D eigenvalue weighted by Gasteiger charge is 2.34. The third kappa shape index (κ3) is 3.48. The van der Waals surface area contributed by atoms with Crippen LogP contribution in [0.25, 0.3) is 0 Å². The van der Waals surface area contributed by atoms with Crippen LogP contribution in [0.1, 0.15) is 13.8 Å². The minimum Gasteiger partial charge on any atom is -0.202 e. The first-order valence-corrected chi connectivity index (χ1v) is 2.78. The second kappa shape index (κ2) is 3.03. The Hall–Kier alpha value is -0.540. The number of rotatable bonds is 1. The average molecular weight is 156 g/mol. The van der Waals surface area contributed by atoms with Gasteiger partial charge in [-0.1, -0.05) is 13.8 Å². The standard InChI is InChI=1S/C6H8F4/c1-4(2)3-5(7)6(8,9)10/h3-4H,1-2H3/b5-3+. The Morgan fingerprint density at radius 3 is 1.80 bits per heavy atom. The van der Waals surface area contributed by atoms with Gasteiger partial charge in [0, 0.05) is 0 Å². The van der Waals surface area contributed by atoms with E-state index in [1.807, 2.05) is 0 Å². The summed E-state index contributed by atoms with van der Waals surface area (Å²) >= 11 is 0. The largest absolute Gasteiger partial charge is 0.442 e. The van der Waals surface area contributed by atoms with Crippen molar-refractivity contribution in [3.63, 3.8) is 0 Å². The molecular weight excluding hydrogens is 148 g/mol. The van der Waals surface area contributed by atoms with Crippen LogP contribution in [0.15, 0.2) is 11.9 Å². The van der Waals surface area contributed by atoms with Crippen LogP contribution in [0.2, 0.25) is 0 Å². The smallest absolute Gasteiger partial charge is 0.202 e. The second-order valence-corrected chi connectivity index (χ2v) is 2.26. The Labute approximate surface area is 56.5 Å². The molecular formula is C6H8F4. The molecule has 0 radical (unpaired) electrons. The molecule has 0 saturated heterocycles. The molecule has 0 N–H and O–H groups in total. The summed E-state index contributed by atoms with van der Waals surface area (Å²) in [6, 6.07) is 0.